The summed E-state index contributed by atoms with van der Waals surface area (Å²) in [6, 6.07) is 9.28. The molecule has 0 spiro atoms. The number of aryl methyl sites for hydroxylation is 1. The third kappa shape index (κ3) is 4.51. The lowest BCUT2D eigenvalue weighted by Crippen LogP contribution is -2.27. The number of anilines is 1. The summed E-state index contributed by atoms with van der Waals surface area (Å²) in [7, 11) is 0. The van der Waals surface area contributed by atoms with Gasteiger partial charge < -0.3 is 14.8 Å². The van der Waals surface area contributed by atoms with Crippen molar-refractivity contribution in [2.75, 3.05) is 18.7 Å². The van der Waals surface area contributed by atoms with Gasteiger partial charge in [-0.1, -0.05) is 49.5 Å². The molecule has 3 aromatic rings. The highest BCUT2D eigenvalue weighted by Gasteiger charge is 2.33. The highest BCUT2D eigenvalue weighted by atomic mass is 32.2. The number of thiocarbonyl (C=S) groups is 1. The van der Waals surface area contributed by atoms with Crippen LogP contribution in [0.25, 0.3) is 11.7 Å². The van der Waals surface area contributed by atoms with E-state index in [0.717, 1.165) is 24.0 Å². The molecule has 35 heavy (non-hydrogen) atoms. The normalized spacial score (nSPS) is 16.1. The van der Waals surface area contributed by atoms with E-state index in [1.807, 2.05) is 37.3 Å². The first-order valence-electron chi connectivity index (χ1n) is 11.4. The molecule has 1 N–H and O–H groups in total. The molecule has 0 aliphatic carbocycles. The Bertz CT molecular complexity index is 1430. The molecule has 0 unspecified atom stereocenters. The van der Waals surface area contributed by atoms with Crippen LogP contribution < -0.4 is 20.3 Å². The predicted octanol–water partition coefficient (Wildman–Crippen LogP) is 4.35. The van der Waals surface area contributed by atoms with E-state index in [-0.39, 0.29) is 18.3 Å². The first kappa shape index (κ1) is 23.4. The van der Waals surface area contributed by atoms with Crippen LogP contribution >= 0.6 is 24.0 Å². The van der Waals surface area contributed by atoms with Crippen LogP contribution in [0.1, 0.15) is 36.5 Å². The van der Waals surface area contributed by atoms with Gasteiger partial charge in [0.1, 0.15) is 15.8 Å². The maximum Gasteiger partial charge on any atom is 0.267 e. The SMILES string of the molecule is CCCCNc1nc2c(C)cccn2c(=O)c1/C=C1\SC(=S)N(Cc2ccc3c(c2)OCO3)C1=O. The van der Waals surface area contributed by atoms with Gasteiger partial charge in [0, 0.05) is 12.7 Å². The summed E-state index contributed by atoms with van der Waals surface area (Å²) < 4.78 is 12.7. The zero-order valence-electron chi connectivity index (χ0n) is 19.4. The molecule has 2 aliphatic heterocycles. The van der Waals surface area contributed by atoms with Crippen molar-refractivity contribution in [2.45, 2.75) is 33.2 Å². The summed E-state index contributed by atoms with van der Waals surface area (Å²) in [6.07, 6.45) is 5.24. The number of nitrogens with zero attached hydrogens (tertiary/aromatic N) is 3. The van der Waals surface area contributed by atoms with Crippen LogP contribution in [0.4, 0.5) is 5.82 Å². The summed E-state index contributed by atoms with van der Waals surface area (Å²) >= 11 is 6.70. The van der Waals surface area contributed by atoms with Crippen molar-refractivity contribution < 1.29 is 14.3 Å². The van der Waals surface area contributed by atoms with Gasteiger partial charge in [-0.25, -0.2) is 4.98 Å². The highest BCUT2D eigenvalue weighted by molar-refractivity contribution is 8.26. The molecule has 1 amide bonds. The zero-order chi connectivity index (χ0) is 24.5. The van der Waals surface area contributed by atoms with Crippen molar-refractivity contribution in [1.82, 2.24) is 14.3 Å². The molecule has 5 rings (SSSR count). The van der Waals surface area contributed by atoms with Gasteiger partial charge in [-0.05, 0) is 48.7 Å². The minimum atomic E-state index is -0.245. The number of rotatable bonds is 7. The number of unbranched alkanes of at least 4 members (excludes halogenated alkanes) is 1. The van der Waals surface area contributed by atoms with Crippen molar-refractivity contribution in [3.05, 3.63) is 68.5 Å². The Hall–Kier alpha value is -3.37. The number of carbonyl (C=O) groups is 1. The summed E-state index contributed by atoms with van der Waals surface area (Å²) in [4.78, 5) is 33.4. The molecule has 180 valence electrons. The molecule has 1 aromatic carbocycles. The van der Waals surface area contributed by atoms with Crippen LogP contribution in [0.5, 0.6) is 11.5 Å². The lowest BCUT2D eigenvalue weighted by molar-refractivity contribution is -0.122. The standard InChI is InChI=1S/C25H24N4O4S2/c1-3-4-9-26-21-17(23(30)28-10-5-6-15(2)22(28)27-21)12-20-24(31)29(25(34)35-20)13-16-7-8-18-19(11-16)33-14-32-18/h5-8,10-12,26H,3-4,9,13-14H2,1-2H3/b20-12-. The van der Waals surface area contributed by atoms with E-state index in [1.165, 1.54) is 21.1 Å². The minimum Gasteiger partial charge on any atom is -0.454 e. The summed E-state index contributed by atoms with van der Waals surface area (Å²) in [6.45, 7) is 5.18. The number of hydrogen-bond donors (Lipinski definition) is 1. The Balaban J connectivity index is 1.49. The van der Waals surface area contributed by atoms with Gasteiger partial charge in [0.25, 0.3) is 11.5 Å². The Morgan fingerprint density at radius 2 is 2.06 bits per heavy atom. The van der Waals surface area contributed by atoms with Crippen LogP contribution in [-0.2, 0) is 11.3 Å². The molecule has 0 radical (unpaired) electrons. The van der Waals surface area contributed by atoms with Crippen molar-refractivity contribution in [1.29, 1.82) is 0 Å². The number of carbonyl (C=O) groups excluding carboxylic acids is 1. The van der Waals surface area contributed by atoms with Gasteiger partial charge in [-0.2, -0.15) is 0 Å². The molecule has 4 heterocycles. The van der Waals surface area contributed by atoms with E-state index in [4.69, 9.17) is 26.7 Å². The zero-order valence-corrected chi connectivity index (χ0v) is 21.0. The summed E-state index contributed by atoms with van der Waals surface area (Å²) in [5, 5.41) is 3.29. The van der Waals surface area contributed by atoms with Crippen molar-refractivity contribution in [3.63, 3.8) is 0 Å². The number of aromatic nitrogens is 2. The number of ether oxygens (including phenoxy) is 2. The third-order valence-electron chi connectivity index (χ3n) is 5.83. The minimum absolute atomic E-state index is 0.187. The van der Waals surface area contributed by atoms with Gasteiger partial charge in [0.15, 0.2) is 11.5 Å². The van der Waals surface area contributed by atoms with Crippen LogP contribution in [0, 0.1) is 6.92 Å². The van der Waals surface area contributed by atoms with Crippen LogP contribution in [0.2, 0.25) is 0 Å². The molecular weight excluding hydrogens is 484 g/mol. The third-order valence-corrected chi connectivity index (χ3v) is 7.21. The number of thioether (sulfide) groups is 1. The average molecular weight is 509 g/mol. The molecule has 0 atom stereocenters. The van der Waals surface area contributed by atoms with Crippen LogP contribution in [0.15, 0.2) is 46.2 Å². The molecule has 2 aromatic heterocycles. The van der Waals surface area contributed by atoms with E-state index < -0.39 is 0 Å². The Morgan fingerprint density at radius 1 is 1.23 bits per heavy atom. The quantitative estimate of drug-likeness (QED) is 0.287. The van der Waals surface area contributed by atoms with Crippen LogP contribution in [-0.4, -0.2) is 37.8 Å². The summed E-state index contributed by atoms with van der Waals surface area (Å²) in [5.41, 5.74) is 2.46. The first-order chi connectivity index (χ1) is 17.0. The maximum absolute atomic E-state index is 13.4. The number of hydrogen-bond acceptors (Lipinski definition) is 8. The molecule has 10 heteroatoms. The van der Waals surface area contributed by atoms with E-state index in [0.29, 0.717) is 50.8 Å². The predicted molar refractivity (Wildman–Crippen MR) is 141 cm³/mol. The fourth-order valence-electron chi connectivity index (χ4n) is 3.95. The smallest absolute Gasteiger partial charge is 0.267 e. The second kappa shape index (κ2) is 9.71. The van der Waals surface area contributed by atoms with Gasteiger partial charge in [-0.3, -0.25) is 18.9 Å². The van der Waals surface area contributed by atoms with Gasteiger partial charge in [0.05, 0.1) is 17.0 Å². The Morgan fingerprint density at radius 3 is 2.89 bits per heavy atom. The molecule has 2 aliphatic rings. The topological polar surface area (TPSA) is 85.2 Å². The fourth-order valence-corrected chi connectivity index (χ4v) is 5.19. The van der Waals surface area contributed by atoms with Gasteiger partial charge in [0.2, 0.25) is 6.79 Å². The molecule has 0 saturated carbocycles. The Kier molecular flexibility index (Phi) is 6.48. The van der Waals surface area contributed by atoms with E-state index in [2.05, 4.69) is 12.2 Å². The van der Waals surface area contributed by atoms with Crippen LogP contribution in [0.3, 0.4) is 0 Å². The van der Waals surface area contributed by atoms with Crippen molar-refractivity contribution in [3.8, 4) is 11.5 Å². The molecule has 1 fully saturated rings. The Labute approximate surface area is 211 Å². The monoisotopic (exact) mass is 508 g/mol. The highest BCUT2D eigenvalue weighted by Crippen LogP contribution is 2.36. The average Bonchev–Trinajstić information content (AvgIpc) is 3.41. The van der Waals surface area contributed by atoms with E-state index in [9.17, 15) is 9.59 Å². The largest absolute Gasteiger partial charge is 0.454 e. The first-order valence-corrected chi connectivity index (χ1v) is 12.6. The number of benzene rings is 1. The van der Waals surface area contributed by atoms with E-state index >= 15 is 0 Å². The molecular formula is C25H24N4O4S2. The lowest BCUT2D eigenvalue weighted by atomic mass is 10.2. The molecule has 1 saturated heterocycles. The lowest BCUT2D eigenvalue weighted by Gasteiger charge is -2.15. The van der Waals surface area contributed by atoms with Crippen molar-refractivity contribution in [2.24, 2.45) is 0 Å². The maximum atomic E-state index is 13.4. The molecule has 0 bridgehead atoms. The second-order valence-electron chi connectivity index (χ2n) is 8.30. The fraction of sp³-hybridized carbons (Fsp3) is 0.280. The van der Waals surface area contributed by atoms with E-state index in [1.54, 1.807) is 12.3 Å². The van der Waals surface area contributed by atoms with Crippen molar-refractivity contribution >= 4 is 51.7 Å². The second-order valence-corrected chi connectivity index (χ2v) is 9.98. The number of pyridine rings is 1. The number of fused-ring (bicyclic) bond motifs is 2. The molecule has 8 nitrogen and oxygen atoms in total. The number of amides is 1. The number of nitrogens with one attached hydrogen (secondary N) is 1. The van der Waals surface area contributed by atoms with Gasteiger partial charge in [-0.15, -0.1) is 0 Å². The van der Waals surface area contributed by atoms with Gasteiger partial charge >= 0.3 is 0 Å². The summed E-state index contributed by atoms with van der Waals surface area (Å²) in [5.74, 6) is 1.56.